The van der Waals surface area contributed by atoms with Gasteiger partial charge in [0.25, 0.3) is 0 Å². The van der Waals surface area contributed by atoms with Gasteiger partial charge in [0.1, 0.15) is 0 Å². The van der Waals surface area contributed by atoms with Gasteiger partial charge in [-0.3, -0.25) is 0 Å². The lowest BCUT2D eigenvalue weighted by molar-refractivity contribution is 1.31. The number of allylic oxidation sites excluding steroid dienone is 1. The summed E-state index contributed by atoms with van der Waals surface area (Å²) in [6, 6.07) is 28.4. The first-order valence-electron chi connectivity index (χ1n) is 7.77. The molecular formula is C22H18. The van der Waals surface area contributed by atoms with E-state index in [-0.39, 0.29) is 0 Å². The second-order valence-electron chi connectivity index (χ2n) is 5.92. The molecule has 0 nitrogen and oxygen atoms in total. The molecule has 0 bridgehead atoms. The predicted molar refractivity (Wildman–Crippen MR) is 93.7 cm³/mol. The third-order valence-corrected chi connectivity index (χ3v) is 4.38. The molecule has 0 heteroatoms. The first-order chi connectivity index (χ1) is 10.8. The number of hydrogen-bond acceptors (Lipinski definition) is 0. The van der Waals surface area contributed by atoms with Crippen molar-refractivity contribution in [2.45, 2.75) is 13.3 Å². The third kappa shape index (κ3) is 2.17. The predicted octanol–water partition coefficient (Wildman–Crippen LogP) is 5.51. The van der Waals surface area contributed by atoms with E-state index in [2.05, 4.69) is 85.8 Å². The summed E-state index contributed by atoms with van der Waals surface area (Å²) in [6.45, 7) is 2.16. The van der Waals surface area contributed by atoms with E-state index in [9.17, 15) is 0 Å². The molecule has 0 aromatic heterocycles. The molecule has 1 aliphatic rings. The quantitative estimate of drug-likeness (QED) is 0.581. The average molecular weight is 282 g/mol. The Labute approximate surface area is 131 Å². The molecule has 1 aliphatic carbocycles. The highest BCUT2D eigenvalue weighted by Crippen LogP contribution is 2.42. The summed E-state index contributed by atoms with van der Waals surface area (Å²) in [5, 5.41) is 0. The Morgan fingerprint density at radius 2 is 1.41 bits per heavy atom. The minimum absolute atomic E-state index is 1.02. The summed E-state index contributed by atoms with van der Waals surface area (Å²) in [4.78, 5) is 0. The van der Waals surface area contributed by atoms with Gasteiger partial charge in [0.2, 0.25) is 0 Å². The zero-order valence-corrected chi connectivity index (χ0v) is 12.7. The highest BCUT2D eigenvalue weighted by molar-refractivity contribution is 6.03. The van der Waals surface area contributed by atoms with Gasteiger partial charge in [-0.25, -0.2) is 0 Å². The van der Waals surface area contributed by atoms with Crippen molar-refractivity contribution in [1.82, 2.24) is 0 Å². The van der Waals surface area contributed by atoms with E-state index in [0.717, 1.165) is 6.42 Å². The first-order valence-corrected chi connectivity index (χ1v) is 7.77. The Balaban J connectivity index is 1.97. The van der Waals surface area contributed by atoms with Crippen LogP contribution in [0.4, 0.5) is 0 Å². The number of benzene rings is 3. The van der Waals surface area contributed by atoms with Crippen molar-refractivity contribution in [3.8, 4) is 0 Å². The Hall–Kier alpha value is -2.60. The van der Waals surface area contributed by atoms with Gasteiger partial charge in [0, 0.05) is 0 Å². The fraction of sp³-hybridized carbons (Fsp3) is 0.0909. The van der Waals surface area contributed by atoms with Crippen LogP contribution in [0.2, 0.25) is 0 Å². The Kier molecular flexibility index (Phi) is 3.16. The summed E-state index contributed by atoms with van der Waals surface area (Å²) >= 11 is 0. The lowest BCUT2D eigenvalue weighted by Gasteiger charge is -2.10. The maximum atomic E-state index is 2.30. The van der Waals surface area contributed by atoms with Crippen molar-refractivity contribution in [3.05, 3.63) is 107 Å². The van der Waals surface area contributed by atoms with E-state index in [1.807, 2.05) is 0 Å². The van der Waals surface area contributed by atoms with Crippen LogP contribution < -0.4 is 0 Å². The van der Waals surface area contributed by atoms with Gasteiger partial charge in [-0.1, -0.05) is 84.4 Å². The van der Waals surface area contributed by atoms with Gasteiger partial charge in [0.15, 0.2) is 0 Å². The maximum Gasteiger partial charge on any atom is -0.000728 e. The van der Waals surface area contributed by atoms with Crippen molar-refractivity contribution in [1.29, 1.82) is 0 Å². The number of fused-ring (bicyclic) bond motifs is 1. The Morgan fingerprint density at radius 1 is 0.682 bits per heavy atom. The summed E-state index contributed by atoms with van der Waals surface area (Å²) in [5.41, 5.74) is 9.60. The molecule has 4 rings (SSSR count). The minimum Gasteiger partial charge on any atom is -0.0622 e. The number of rotatable bonds is 2. The van der Waals surface area contributed by atoms with Gasteiger partial charge in [0.05, 0.1) is 0 Å². The molecule has 0 radical (unpaired) electrons. The van der Waals surface area contributed by atoms with E-state index in [1.54, 1.807) is 0 Å². The van der Waals surface area contributed by atoms with E-state index >= 15 is 0 Å². The monoisotopic (exact) mass is 282 g/mol. The SMILES string of the molecule is Cc1cccc(C2=C(c3ccccc3)c3ccccc3C2)c1. The van der Waals surface area contributed by atoms with Crippen molar-refractivity contribution < 1.29 is 0 Å². The molecule has 0 amide bonds. The van der Waals surface area contributed by atoms with Crippen LogP contribution in [0.5, 0.6) is 0 Å². The number of aryl methyl sites for hydroxylation is 1. The standard InChI is InChI=1S/C22H18/c1-16-8-7-12-18(14-16)21-15-19-11-5-6-13-20(19)22(21)17-9-3-2-4-10-17/h2-14H,15H2,1H3. The average Bonchev–Trinajstić information content (AvgIpc) is 2.95. The van der Waals surface area contributed by atoms with Crippen molar-refractivity contribution >= 4 is 11.1 Å². The number of hydrogen-bond donors (Lipinski definition) is 0. The molecule has 22 heavy (non-hydrogen) atoms. The molecule has 0 saturated heterocycles. The van der Waals surface area contributed by atoms with Crippen LogP contribution in [-0.2, 0) is 6.42 Å². The van der Waals surface area contributed by atoms with Crippen LogP contribution in [0.1, 0.15) is 27.8 Å². The smallest absolute Gasteiger partial charge is 0.000728 e. The van der Waals surface area contributed by atoms with Gasteiger partial charge in [-0.15, -0.1) is 0 Å². The largest absolute Gasteiger partial charge is 0.0622 e. The van der Waals surface area contributed by atoms with Gasteiger partial charge >= 0.3 is 0 Å². The molecule has 0 atom stereocenters. The highest BCUT2D eigenvalue weighted by atomic mass is 14.3. The summed E-state index contributed by atoms with van der Waals surface area (Å²) < 4.78 is 0. The van der Waals surface area contributed by atoms with Crippen LogP contribution in [0.25, 0.3) is 11.1 Å². The van der Waals surface area contributed by atoms with E-state index in [4.69, 9.17) is 0 Å². The molecule has 0 unspecified atom stereocenters. The molecule has 0 spiro atoms. The van der Waals surface area contributed by atoms with Crippen LogP contribution in [0, 0.1) is 6.92 Å². The molecule has 0 saturated carbocycles. The van der Waals surface area contributed by atoms with Crippen LogP contribution in [-0.4, -0.2) is 0 Å². The summed E-state index contributed by atoms with van der Waals surface area (Å²) in [5.74, 6) is 0. The highest BCUT2D eigenvalue weighted by Gasteiger charge is 2.23. The lowest BCUT2D eigenvalue weighted by Crippen LogP contribution is -1.89. The summed E-state index contributed by atoms with van der Waals surface area (Å²) in [7, 11) is 0. The molecular weight excluding hydrogens is 264 g/mol. The fourth-order valence-corrected chi connectivity index (χ4v) is 3.37. The van der Waals surface area contributed by atoms with Crippen molar-refractivity contribution in [3.63, 3.8) is 0 Å². The lowest BCUT2D eigenvalue weighted by atomic mass is 9.94. The van der Waals surface area contributed by atoms with E-state index < -0.39 is 0 Å². The summed E-state index contributed by atoms with van der Waals surface area (Å²) in [6.07, 6.45) is 1.02. The molecule has 0 heterocycles. The van der Waals surface area contributed by atoms with Crippen LogP contribution in [0.15, 0.2) is 78.9 Å². The fourth-order valence-electron chi connectivity index (χ4n) is 3.37. The zero-order chi connectivity index (χ0) is 14.9. The van der Waals surface area contributed by atoms with E-state index in [1.165, 1.54) is 39.0 Å². The van der Waals surface area contributed by atoms with Crippen molar-refractivity contribution in [2.75, 3.05) is 0 Å². The zero-order valence-electron chi connectivity index (χ0n) is 12.7. The van der Waals surface area contributed by atoms with Gasteiger partial charge in [-0.05, 0) is 46.7 Å². The Bertz CT molecular complexity index is 854. The van der Waals surface area contributed by atoms with Crippen LogP contribution in [0.3, 0.4) is 0 Å². The maximum absolute atomic E-state index is 2.30. The normalized spacial score (nSPS) is 13.3. The molecule has 0 aliphatic heterocycles. The van der Waals surface area contributed by atoms with Gasteiger partial charge in [-0.2, -0.15) is 0 Å². The topological polar surface area (TPSA) is 0 Å². The van der Waals surface area contributed by atoms with Gasteiger partial charge < -0.3 is 0 Å². The molecule has 3 aromatic rings. The second kappa shape index (κ2) is 5.31. The van der Waals surface area contributed by atoms with E-state index in [0.29, 0.717) is 0 Å². The third-order valence-electron chi connectivity index (χ3n) is 4.38. The molecule has 106 valence electrons. The molecule has 0 fully saturated rings. The van der Waals surface area contributed by atoms with Crippen LogP contribution >= 0.6 is 0 Å². The molecule has 3 aromatic carbocycles. The second-order valence-corrected chi connectivity index (χ2v) is 5.92. The van der Waals surface area contributed by atoms with Crippen molar-refractivity contribution in [2.24, 2.45) is 0 Å². The minimum atomic E-state index is 1.02. The first kappa shape index (κ1) is 13.1. The molecule has 0 N–H and O–H groups in total. The Morgan fingerprint density at radius 3 is 2.23 bits per heavy atom.